The maximum atomic E-state index is 11.5. The molecule has 0 bridgehead atoms. The molecule has 102 valence electrons. The minimum Gasteiger partial charge on any atom is -0.466 e. The van der Waals surface area contributed by atoms with E-state index in [1.165, 1.54) is 0 Å². The van der Waals surface area contributed by atoms with Crippen LogP contribution in [0.2, 0.25) is 0 Å². The number of amides is 2. The average molecular weight is 321 g/mol. The van der Waals surface area contributed by atoms with Crippen LogP contribution >= 0.6 is 15.9 Å². The quantitative estimate of drug-likeness (QED) is 0.640. The highest BCUT2D eigenvalue weighted by Crippen LogP contribution is 2.10. The number of rotatable bonds is 8. The molecule has 7 heteroatoms. The van der Waals surface area contributed by atoms with Gasteiger partial charge >= 0.3 is 5.97 Å². The van der Waals surface area contributed by atoms with Crippen LogP contribution in [0.4, 0.5) is 0 Å². The van der Waals surface area contributed by atoms with E-state index in [0.29, 0.717) is 4.48 Å². The number of nitrogens with two attached hydrogens (primary N) is 1. The van der Waals surface area contributed by atoms with E-state index in [4.69, 9.17) is 5.73 Å². The van der Waals surface area contributed by atoms with Gasteiger partial charge in [0.15, 0.2) is 0 Å². The number of hydrogen-bond donors (Lipinski definition) is 2. The van der Waals surface area contributed by atoms with Gasteiger partial charge < -0.3 is 15.8 Å². The van der Waals surface area contributed by atoms with Crippen molar-refractivity contribution in [2.45, 2.75) is 32.2 Å². The number of carbonyl (C=O) groups is 3. The Hall–Kier alpha value is -1.37. The van der Waals surface area contributed by atoms with E-state index >= 15 is 0 Å². The Balaban J connectivity index is 4.14. The zero-order chi connectivity index (χ0) is 14.1. The Bertz CT molecular complexity index is 344. The minimum atomic E-state index is -0.827. The van der Waals surface area contributed by atoms with E-state index in [0.717, 1.165) is 0 Å². The molecule has 0 heterocycles. The summed E-state index contributed by atoms with van der Waals surface area (Å²) in [6, 6.07) is -0.827. The molecule has 0 saturated heterocycles. The van der Waals surface area contributed by atoms with Gasteiger partial charge in [0, 0.05) is 12.8 Å². The van der Waals surface area contributed by atoms with Crippen LogP contribution in [0, 0.1) is 0 Å². The molecule has 0 aromatic carbocycles. The highest BCUT2D eigenvalue weighted by Gasteiger charge is 2.18. The number of halogens is 1. The topological polar surface area (TPSA) is 98.5 Å². The maximum Gasteiger partial charge on any atom is 0.306 e. The van der Waals surface area contributed by atoms with Crippen molar-refractivity contribution < 1.29 is 19.1 Å². The fourth-order valence-electron chi connectivity index (χ4n) is 1.16. The molecule has 0 aliphatic rings. The number of ether oxygens (including phenoxy) is 1. The highest BCUT2D eigenvalue weighted by molar-refractivity contribution is 9.11. The number of nitrogens with one attached hydrogen (secondary N) is 1. The van der Waals surface area contributed by atoms with E-state index in [1.807, 2.05) is 0 Å². The molecular weight excluding hydrogens is 304 g/mol. The van der Waals surface area contributed by atoms with Gasteiger partial charge in [0.2, 0.25) is 11.8 Å². The van der Waals surface area contributed by atoms with Gasteiger partial charge in [-0.3, -0.25) is 14.4 Å². The predicted molar refractivity (Wildman–Crippen MR) is 69.7 cm³/mol. The minimum absolute atomic E-state index is 0.0274. The van der Waals surface area contributed by atoms with Gasteiger partial charge in [-0.05, 0) is 11.4 Å². The second-order valence-electron chi connectivity index (χ2n) is 3.55. The standard InChI is InChI=1S/C11H17BrN2O4/c1-3-18-10(16)5-4-9(15)14-8(11(13)17)6-7(2)12/h8H,2-6H2,1H3,(H2,13,17)(H,14,15)/t8-/m0/s1. The average Bonchev–Trinajstić information content (AvgIpc) is 2.25. The van der Waals surface area contributed by atoms with Crippen LogP contribution in [0.25, 0.3) is 0 Å². The van der Waals surface area contributed by atoms with Crippen molar-refractivity contribution in [1.82, 2.24) is 5.32 Å². The Labute approximate surface area is 114 Å². The highest BCUT2D eigenvalue weighted by atomic mass is 79.9. The monoisotopic (exact) mass is 320 g/mol. The molecule has 0 unspecified atom stereocenters. The van der Waals surface area contributed by atoms with E-state index in [1.54, 1.807) is 6.92 Å². The summed E-state index contributed by atoms with van der Waals surface area (Å²) in [5, 5.41) is 2.43. The number of carbonyl (C=O) groups excluding carboxylic acids is 3. The largest absolute Gasteiger partial charge is 0.466 e. The van der Waals surface area contributed by atoms with E-state index < -0.39 is 23.8 Å². The van der Waals surface area contributed by atoms with E-state index in [9.17, 15) is 14.4 Å². The summed E-state index contributed by atoms with van der Waals surface area (Å²) >= 11 is 3.09. The summed E-state index contributed by atoms with van der Waals surface area (Å²) in [5.74, 6) is -1.53. The van der Waals surface area contributed by atoms with Gasteiger partial charge in [0.05, 0.1) is 13.0 Å². The second kappa shape index (κ2) is 8.68. The molecule has 1 atom stereocenters. The van der Waals surface area contributed by atoms with Gasteiger partial charge in [-0.15, -0.1) is 0 Å². The molecule has 6 nitrogen and oxygen atoms in total. The SMILES string of the molecule is C=C(Br)C[C@H](NC(=O)CCC(=O)OCC)C(N)=O. The van der Waals surface area contributed by atoms with Crippen LogP contribution < -0.4 is 11.1 Å². The first-order chi connectivity index (χ1) is 8.36. The first-order valence-electron chi connectivity index (χ1n) is 5.44. The Morgan fingerprint density at radius 1 is 1.39 bits per heavy atom. The van der Waals surface area contributed by atoms with Crippen LogP contribution in [0.5, 0.6) is 0 Å². The predicted octanol–water partition coefficient (Wildman–Crippen LogP) is 0.598. The molecule has 18 heavy (non-hydrogen) atoms. The summed E-state index contributed by atoms with van der Waals surface area (Å²) in [5.41, 5.74) is 5.13. The van der Waals surface area contributed by atoms with Gasteiger partial charge in [0.25, 0.3) is 0 Å². The van der Waals surface area contributed by atoms with Crippen molar-refractivity contribution in [3.63, 3.8) is 0 Å². The molecule has 0 aromatic rings. The lowest BCUT2D eigenvalue weighted by molar-refractivity contribution is -0.144. The van der Waals surface area contributed by atoms with Crippen molar-refractivity contribution in [2.24, 2.45) is 5.73 Å². The fraction of sp³-hybridized carbons (Fsp3) is 0.545. The Morgan fingerprint density at radius 3 is 2.44 bits per heavy atom. The third-order valence-electron chi connectivity index (χ3n) is 1.97. The number of primary amides is 1. The smallest absolute Gasteiger partial charge is 0.306 e. The van der Waals surface area contributed by atoms with Gasteiger partial charge in [-0.1, -0.05) is 22.5 Å². The van der Waals surface area contributed by atoms with Gasteiger partial charge in [0.1, 0.15) is 6.04 Å². The van der Waals surface area contributed by atoms with Crippen LogP contribution in [0.15, 0.2) is 11.1 Å². The summed E-state index contributed by atoms with van der Waals surface area (Å²) in [7, 11) is 0. The molecular formula is C11H17BrN2O4. The van der Waals surface area contributed by atoms with Crippen molar-refractivity contribution in [3.05, 3.63) is 11.1 Å². The van der Waals surface area contributed by atoms with E-state index in [2.05, 4.69) is 32.6 Å². The molecule has 0 rings (SSSR count). The number of hydrogen-bond acceptors (Lipinski definition) is 4. The Kier molecular flexibility index (Phi) is 8.02. The van der Waals surface area contributed by atoms with Crippen LogP contribution in [-0.2, 0) is 19.1 Å². The fourth-order valence-corrected chi connectivity index (χ4v) is 1.48. The van der Waals surface area contributed by atoms with Crippen LogP contribution in [0.3, 0.4) is 0 Å². The first-order valence-corrected chi connectivity index (χ1v) is 6.23. The molecule has 0 radical (unpaired) electrons. The van der Waals surface area contributed by atoms with Crippen LogP contribution in [0.1, 0.15) is 26.2 Å². The zero-order valence-corrected chi connectivity index (χ0v) is 11.8. The van der Waals surface area contributed by atoms with Crippen molar-refractivity contribution >= 4 is 33.7 Å². The molecule has 2 amide bonds. The normalized spacial score (nSPS) is 11.4. The molecule has 0 fully saturated rings. The lowest BCUT2D eigenvalue weighted by Crippen LogP contribution is -2.44. The van der Waals surface area contributed by atoms with Gasteiger partial charge in [-0.25, -0.2) is 0 Å². The second-order valence-corrected chi connectivity index (χ2v) is 4.67. The van der Waals surface area contributed by atoms with Crippen molar-refractivity contribution in [3.8, 4) is 0 Å². The lowest BCUT2D eigenvalue weighted by atomic mass is 10.2. The summed E-state index contributed by atoms with van der Waals surface area (Å²) in [6.07, 6.45) is 0.137. The summed E-state index contributed by atoms with van der Waals surface area (Å²) in [6.45, 7) is 5.52. The van der Waals surface area contributed by atoms with E-state index in [-0.39, 0.29) is 25.9 Å². The third-order valence-corrected chi connectivity index (χ3v) is 2.29. The van der Waals surface area contributed by atoms with Crippen molar-refractivity contribution in [2.75, 3.05) is 6.61 Å². The molecule has 0 spiro atoms. The van der Waals surface area contributed by atoms with Crippen molar-refractivity contribution in [1.29, 1.82) is 0 Å². The summed E-state index contributed by atoms with van der Waals surface area (Å²) in [4.78, 5) is 33.6. The number of esters is 1. The summed E-state index contributed by atoms with van der Waals surface area (Å²) < 4.78 is 5.23. The maximum absolute atomic E-state index is 11.5. The van der Waals surface area contributed by atoms with Gasteiger partial charge in [-0.2, -0.15) is 0 Å². The Morgan fingerprint density at radius 2 is 2.00 bits per heavy atom. The third kappa shape index (κ3) is 7.83. The molecule has 0 saturated carbocycles. The molecule has 3 N–H and O–H groups in total. The molecule has 0 aliphatic heterocycles. The van der Waals surface area contributed by atoms with Crippen LogP contribution in [-0.4, -0.2) is 30.4 Å². The molecule has 0 aliphatic carbocycles. The zero-order valence-electron chi connectivity index (χ0n) is 10.2. The first kappa shape index (κ1) is 16.6. The molecule has 0 aromatic heterocycles. The lowest BCUT2D eigenvalue weighted by Gasteiger charge is -2.14.